The molecule has 0 aliphatic heterocycles. The Bertz CT molecular complexity index is 1210. The van der Waals surface area contributed by atoms with Crippen LogP contribution in [-0.4, -0.2) is 0 Å². The Hall–Kier alpha value is -2.56. The summed E-state index contributed by atoms with van der Waals surface area (Å²) in [5.41, 5.74) is 16.7. The third-order valence-corrected chi connectivity index (χ3v) is 6.72. The molecule has 4 heteroatoms. The van der Waals surface area contributed by atoms with E-state index in [4.69, 9.17) is 11.5 Å². The van der Waals surface area contributed by atoms with Crippen molar-refractivity contribution in [2.45, 2.75) is 26.5 Å². The average Bonchev–Trinajstić information content (AvgIpc) is 2.76. The number of benzene rings is 4. The normalized spacial score (nSPS) is 11.7. The standard InChI is InChI=1S/C14H16N2S2.C12H12/c1-9-6-7-10-4-2-3-5-11(10)12(9)8-18-14(16)13(15)17;1-9-7-8-11-5-3-4-6-12(11)10(9)2/h2-7,17H,8,15-16H2,1H3;3-8H,1-2H3/b14-13+;. The summed E-state index contributed by atoms with van der Waals surface area (Å²) in [5.74, 6) is 0.806. The van der Waals surface area contributed by atoms with Gasteiger partial charge in [-0.1, -0.05) is 72.8 Å². The smallest absolute Gasteiger partial charge is 0.0957 e. The number of rotatable bonds is 3. The second-order valence-corrected chi connectivity index (χ2v) is 8.85. The fourth-order valence-electron chi connectivity index (χ4n) is 3.40. The van der Waals surface area contributed by atoms with Crippen molar-refractivity contribution in [2.24, 2.45) is 11.5 Å². The molecule has 0 aliphatic carbocycles. The maximum atomic E-state index is 5.80. The van der Waals surface area contributed by atoms with E-state index in [2.05, 4.69) is 106 Å². The van der Waals surface area contributed by atoms with E-state index >= 15 is 0 Å². The van der Waals surface area contributed by atoms with Crippen LogP contribution in [-0.2, 0) is 5.75 Å². The fourth-order valence-corrected chi connectivity index (χ4v) is 4.42. The average molecular weight is 433 g/mol. The molecule has 0 fully saturated rings. The van der Waals surface area contributed by atoms with Crippen LogP contribution in [0.3, 0.4) is 0 Å². The maximum Gasteiger partial charge on any atom is 0.0957 e. The summed E-state index contributed by atoms with van der Waals surface area (Å²) in [6.07, 6.45) is 0. The Labute approximate surface area is 188 Å². The zero-order chi connectivity index (χ0) is 21.7. The van der Waals surface area contributed by atoms with Gasteiger partial charge < -0.3 is 11.5 Å². The van der Waals surface area contributed by atoms with Gasteiger partial charge in [0, 0.05) is 5.75 Å². The number of hydrogen-bond donors (Lipinski definition) is 3. The van der Waals surface area contributed by atoms with Gasteiger partial charge in [-0.2, -0.15) is 0 Å². The fraction of sp³-hybridized carbons (Fsp3) is 0.154. The van der Waals surface area contributed by atoms with Crippen LogP contribution < -0.4 is 11.5 Å². The van der Waals surface area contributed by atoms with Gasteiger partial charge in [-0.15, -0.1) is 24.4 Å². The van der Waals surface area contributed by atoms with Crippen LogP contribution in [0.25, 0.3) is 21.5 Å². The molecule has 0 aliphatic rings. The lowest BCUT2D eigenvalue weighted by atomic mass is 10.0. The van der Waals surface area contributed by atoms with Crippen LogP contribution in [0.15, 0.2) is 82.9 Å². The lowest BCUT2D eigenvalue weighted by Gasteiger charge is -2.10. The van der Waals surface area contributed by atoms with Gasteiger partial charge in [-0.25, -0.2) is 0 Å². The zero-order valence-electron chi connectivity index (χ0n) is 17.6. The molecule has 0 aromatic heterocycles. The quantitative estimate of drug-likeness (QED) is 0.312. The van der Waals surface area contributed by atoms with Crippen molar-refractivity contribution < 1.29 is 0 Å². The van der Waals surface area contributed by atoms with Gasteiger partial charge in [0.15, 0.2) is 0 Å². The van der Waals surface area contributed by atoms with Gasteiger partial charge in [0.1, 0.15) is 0 Å². The Morgan fingerprint density at radius 3 is 1.90 bits per heavy atom. The van der Waals surface area contributed by atoms with Gasteiger partial charge in [0.25, 0.3) is 0 Å². The van der Waals surface area contributed by atoms with Gasteiger partial charge in [0.05, 0.1) is 10.1 Å². The number of aryl methyl sites for hydroxylation is 3. The molecule has 30 heavy (non-hydrogen) atoms. The van der Waals surface area contributed by atoms with Crippen molar-refractivity contribution in [3.8, 4) is 0 Å². The first-order chi connectivity index (χ1) is 14.4. The second-order valence-electron chi connectivity index (χ2n) is 7.35. The Kier molecular flexibility index (Phi) is 7.35. The van der Waals surface area contributed by atoms with E-state index in [9.17, 15) is 0 Å². The maximum absolute atomic E-state index is 5.80. The summed E-state index contributed by atoms with van der Waals surface area (Å²) >= 11 is 5.57. The number of thiol groups is 1. The number of fused-ring (bicyclic) bond motifs is 2. The van der Waals surface area contributed by atoms with Crippen LogP contribution in [0.1, 0.15) is 22.3 Å². The molecular formula is C26H28N2S2. The summed E-state index contributed by atoms with van der Waals surface area (Å²) in [7, 11) is 0. The van der Waals surface area contributed by atoms with Gasteiger partial charge in [-0.05, 0) is 64.6 Å². The molecular weight excluding hydrogens is 404 g/mol. The molecule has 0 bridgehead atoms. The summed E-state index contributed by atoms with van der Waals surface area (Å²) in [5, 5.41) is 6.19. The second kappa shape index (κ2) is 9.96. The SMILES string of the molecule is Cc1ccc2ccccc2c1C.Cc1ccc2ccccc2c1CS/C(N)=C(\N)S. The van der Waals surface area contributed by atoms with Crippen molar-refractivity contribution in [3.05, 3.63) is 105 Å². The summed E-state index contributed by atoms with van der Waals surface area (Å²) in [6, 6.07) is 25.5. The third-order valence-electron chi connectivity index (χ3n) is 5.37. The lowest BCUT2D eigenvalue weighted by Crippen LogP contribution is -2.02. The topological polar surface area (TPSA) is 52.0 Å². The van der Waals surface area contributed by atoms with Crippen molar-refractivity contribution in [2.75, 3.05) is 0 Å². The predicted octanol–water partition coefficient (Wildman–Crippen LogP) is 6.81. The molecule has 4 aromatic carbocycles. The first kappa shape index (κ1) is 22.1. The highest BCUT2D eigenvalue weighted by molar-refractivity contribution is 8.03. The molecule has 0 saturated heterocycles. The van der Waals surface area contributed by atoms with E-state index in [1.165, 1.54) is 55.6 Å². The van der Waals surface area contributed by atoms with Gasteiger partial charge in [-0.3, -0.25) is 0 Å². The molecule has 4 N–H and O–H groups in total. The molecule has 0 atom stereocenters. The molecule has 4 rings (SSSR count). The Morgan fingerprint density at radius 1 is 0.733 bits per heavy atom. The van der Waals surface area contributed by atoms with Crippen molar-refractivity contribution >= 4 is 45.9 Å². The van der Waals surface area contributed by atoms with E-state index in [-0.39, 0.29) is 0 Å². The third kappa shape index (κ3) is 5.13. The van der Waals surface area contributed by atoms with Crippen LogP contribution in [0.4, 0.5) is 0 Å². The van der Waals surface area contributed by atoms with Crippen LogP contribution in [0, 0.1) is 20.8 Å². The Morgan fingerprint density at radius 2 is 1.27 bits per heavy atom. The minimum absolute atomic E-state index is 0.387. The highest BCUT2D eigenvalue weighted by Gasteiger charge is 2.06. The monoisotopic (exact) mass is 432 g/mol. The predicted molar refractivity (Wildman–Crippen MR) is 138 cm³/mol. The van der Waals surface area contributed by atoms with E-state index < -0.39 is 0 Å². The van der Waals surface area contributed by atoms with Crippen molar-refractivity contribution in [3.63, 3.8) is 0 Å². The van der Waals surface area contributed by atoms with Gasteiger partial charge in [0.2, 0.25) is 0 Å². The highest BCUT2D eigenvalue weighted by Crippen LogP contribution is 2.28. The van der Waals surface area contributed by atoms with E-state index in [1.807, 2.05) is 0 Å². The minimum atomic E-state index is 0.387. The molecule has 0 saturated carbocycles. The molecule has 154 valence electrons. The molecule has 0 heterocycles. The van der Waals surface area contributed by atoms with Crippen LogP contribution >= 0.6 is 24.4 Å². The minimum Gasteiger partial charge on any atom is -0.392 e. The highest BCUT2D eigenvalue weighted by atomic mass is 32.2. The molecule has 0 unspecified atom stereocenters. The molecule has 0 spiro atoms. The Balaban J connectivity index is 0.000000184. The molecule has 4 aromatic rings. The summed E-state index contributed by atoms with van der Waals surface area (Å²) < 4.78 is 0. The van der Waals surface area contributed by atoms with Crippen LogP contribution in [0.5, 0.6) is 0 Å². The van der Waals surface area contributed by atoms with Gasteiger partial charge >= 0.3 is 0 Å². The zero-order valence-corrected chi connectivity index (χ0v) is 19.4. The first-order valence-corrected chi connectivity index (χ1v) is 11.3. The van der Waals surface area contributed by atoms with Crippen molar-refractivity contribution in [1.29, 1.82) is 0 Å². The van der Waals surface area contributed by atoms with Crippen LogP contribution in [0.2, 0.25) is 0 Å². The summed E-state index contributed by atoms with van der Waals surface area (Å²) in [4.78, 5) is 0. The summed E-state index contributed by atoms with van der Waals surface area (Å²) in [6.45, 7) is 6.45. The lowest BCUT2D eigenvalue weighted by molar-refractivity contribution is 1.34. The first-order valence-electron chi connectivity index (χ1n) is 9.87. The van der Waals surface area contributed by atoms with E-state index in [0.29, 0.717) is 10.1 Å². The van der Waals surface area contributed by atoms with E-state index in [1.54, 1.807) is 0 Å². The number of thioether (sulfide) groups is 1. The largest absolute Gasteiger partial charge is 0.392 e. The molecule has 2 nitrogen and oxygen atoms in total. The number of hydrogen-bond acceptors (Lipinski definition) is 4. The number of nitrogens with two attached hydrogens (primary N) is 2. The van der Waals surface area contributed by atoms with E-state index in [0.717, 1.165) is 5.75 Å². The molecule has 0 amide bonds. The van der Waals surface area contributed by atoms with Crippen molar-refractivity contribution in [1.82, 2.24) is 0 Å². The molecule has 0 radical (unpaired) electrons.